The van der Waals surface area contributed by atoms with Crippen LogP contribution in [0.25, 0.3) is 0 Å². The van der Waals surface area contributed by atoms with Crippen molar-refractivity contribution in [2.75, 3.05) is 25.0 Å². The van der Waals surface area contributed by atoms with Gasteiger partial charge in [-0.3, -0.25) is 4.79 Å². The number of unbranched alkanes of at least 4 members (excludes halogenated alkanes) is 1. The van der Waals surface area contributed by atoms with E-state index in [1.54, 1.807) is 6.92 Å². The molecule has 0 fully saturated rings. The Hall–Kier alpha value is -2.09. The smallest absolute Gasteiger partial charge is 0.243 e. The maximum atomic E-state index is 13.0. The molecule has 0 spiro atoms. The van der Waals surface area contributed by atoms with E-state index in [9.17, 15) is 13.2 Å². The Labute approximate surface area is 184 Å². The molecule has 0 aliphatic heterocycles. The van der Waals surface area contributed by atoms with Gasteiger partial charge in [0.05, 0.1) is 23.1 Å². The van der Waals surface area contributed by atoms with E-state index in [0.29, 0.717) is 18.0 Å². The Kier molecular flexibility index (Phi) is 9.14. The quantitative estimate of drug-likeness (QED) is 0.534. The third-order valence-electron chi connectivity index (χ3n) is 4.57. The molecule has 1 N–H and O–H groups in total. The third-order valence-corrected chi connectivity index (χ3v) is 6.78. The molecule has 2 aromatic rings. The number of anilines is 1. The highest BCUT2D eigenvalue weighted by Gasteiger charge is 2.26. The van der Waals surface area contributed by atoms with Gasteiger partial charge in [-0.1, -0.05) is 44.0 Å². The van der Waals surface area contributed by atoms with Gasteiger partial charge < -0.3 is 10.1 Å². The number of hydrogen-bond acceptors (Lipinski definition) is 4. The second kappa shape index (κ2) is 11.3. The van der Waals surface area contributed by atoms with Crippen LogP contribution in [0.1, 0.15) is 39.2 Å². The molecule has 8 heteroatoms. The number of carbonyl (C=O) groups is 1. The van der Waals surface area contributed by atoms with Gasteiger partial charge in [0, 0.05) is 12.2 Å². The van der Waals surface area contributed by atoms with Crippen molar-refractivity contribution in [1.82, 2.24) is 4.31 Å². The fourth-order valence-corrected chi connectivity index (χ4v) is 4.66. The van der Waals surface area contributed by atoms with E-state index in [4.69, 9.17) is 16.3 Å². The minimum Gasteiger partial charge on any atom is -0.492 e. The molecule has 0 heterocycles. The van der Waals surface area contributed by atoms with Crippen molar-refractivity contribution in [3.63, 3.8) is 0 Å². The van der Waals surface area contributed by atoms with Gasteiger partial charge in [0.1, 0.15) is 5.75 Å². The van der Waals surface area contributed by atoms with Crippen LogP contribution in [-0.2, 0) is 21.2 Å². The number of amides is 1. The van der Waals surface area contributed by atoms with E-state index in [1.165, 1.54) is 23.8 Å². The summed E-state index contributed by atoms with van der Waals surface area (Å²) < 4.78 is 32.4. The monoisotopic (exact) mass is 452 g/mol. The van der Waals surface area contributed by atoms with E-state index < -0.39 is 15.9 Å². The van der Waals surface area contributed by atoms with Gasteiger partial charge in [0.2, 0.25) is 15.9 Å². The Bertz CT molecular complexity index is 946. The molecule has 0 bridgehead atoms. The minimum atomic E-state index is -3.88. The zero-order valence-electron chi connectivity index (χ0n) is 17.7. The molecule has 164 valence electrons. The number of halogens is 1. The topological polar surface area (TPSA) is 75.7 Å². The predicted molar refractivity (Wildman–Crippen MR) is 121 cm³/mol. The highest BCUT2D eigenvalue weighted by atomic mass is 35.5. The zero-order valence-corrected chi connectivity index (χ0v) is 19.2. The fourth-order valence-electron chi connectivity index (χ4n) is 2.93. The maximum Gasteiger partial charge on any atom is 0.243 e. The summed E-state index contributed by atoms with van der Waals surface area (Å²) in [5.74, 6) is 0.0139. The van der Waals surface area contributed by atoms with Gasteiger partial charge in [0.25, 0.3) is 0 Å². The summed E-state index contributed by atoms with van der Waals surface area (Å²) in [6.45, 7) is 5.93. The number of rotatable bonds is 11. The molecule has 0 saturated heterocycles. The van der Waals surface area contributed by atoms with Crippen LogP contribution in [0.2, 0.25) is 5.02 Å². The van der Waals surface area contributed by atoms with Crippen LogP contribution in [0.5, 0.6) is 5.75 Å². The predicted octanol–water partition coefficient (Wildman–Crippen LogP) is 4.73. The van der Waals surface area contributed by atoms with Crippen LogP contribution >= 0.6 is 11.6 Å². The normalized spacial score (nSPS) is 11.5. The minimum absolute atomic E-state index is 0.0193. The number of sulfonamides is 1. The van der Waals surface area contributed by atoms with Crippen molar-refractivity contribution in [3.8, 4) is 5.75 Å². The number of nitrogens with zero attached hydrogens (tertiary/aromatic N) is 1. The van der Waals surface area contributed by atoms with E-state index in [-0.39, 0.29) is 23.0 Å². The first-order valence-electron chi connectivity index (χ1n) is 10.1. The molecular weight excluding hydrogens is 424 g/mol. The van der Waals surface area contributed by atoms with Crippen molar-refractivity contribution in [2.45, 2.75) is 44.9 Å². The van der Waals surface area contributed by atoms with Crippen molar-refractivity contribution in [1.29, 1.82) is 0 Å². The molecule has 6 nitrogen and oxygen atoms in total. The summed E-state index contributed by atoms with van der Waals surface area (Å²) in [6, 6.07) is 11.9. The van der Waals surface area contributed by atoms with Crippen LogP contribution in [0, 0.1) is 0 Å². The van der Waals surface area contributed by atoms with Crippen molar-refractivity contribution >= 4 is 33.2 Å². The second-order valence-electron chi connectivity index (χ2n) is 6.81. The van der Waals surface area contributed by atoms with Gasteiger partial charge in [-0.15, -0.1) is 0 Å². The largest absolute Gasteiger partial charge is 0.492 e. The van der Waals surface area contributed by atoms with Gasteiger partial charge in [0.15, 0.2) is 0 Å². The van der Waals surface area contributed by atoms with E-state index >= 15 is 0 Å². The van der Waals surface area contributed by atoms with Crippen molar-refractivity contribution in [3.05, 3.63) is 53.1 Å². The Morgan fingerprint density at radius 3 is 2.37 bits per heavy atom. The average Bonchev–Trinajstić information content (AvgIpc) is 2.73. The number of likely N-dealkylation sites (N-methyl/N-ethyl adjacent to an activating group) is 1. The SMILES string of the molecule is CCCCc1ccc(NC(=O)CN(CC)S(=O)(=O)c2ccc(OCC)c(Cl)c2)cc1. The first kappa shape index (κ1) is 24.2. The molecule has 30 heavy (non-hydrogen) atoms. The summed E-state index contributed by atoms with van der Waals surface area (Å²) in [5.41, 5.74) is 1.85. The summed E-state index contributed by atoms with van der Waals surface area (Å²) >= 11 is 6.13. The maximum absolute atomic E-state index is 13.0. The lowest BCUT2D eigenvalue weighted by Gasteiger charge is -2.20. The Morgan fingerprint density at radius 1 is 1.10 bits per heavy atom. The number of benzene rings is 2. The molecule has 2 rings (SSSR count). The molecule has 0 saturated carbocycles. The van der Waals surface area contributed by atoms with Gasteiger partial charge in [-0.25, -0.2) is 8.42 Å². The highest BCUT2D eigenvalue weighted by Crippen LogP contribution is 2.28. The van der Waals surface area contributed by atoms with E-state index in [1.807, 2.05) is 31.2 Å². The summed E-state index contributed by atoms with van der Waals surface area (Å²) in [6.07, 6.45) is 3.24. The molecule has 1 amide bonds. The molecule has 0 atom stereocenters. The molecule has 0 unspecified atom stereocenters. The van der Waals surface area contributed by atoms with Crippen LogP contribution in [-0.4, -0.2) is 38.3 Å². The Morgan fingerprint density at radius 2 is 1.80 bits per heavy atom. The van der Waals surface area contributed by atoms with Crippen molar-refractivity contribution < 1.29 is 17.9 Å². The molecule has 0 radical (unpaired) electrons. The van der Waals surface area contributed by atoms with Gasteiger partial charge in [-0.2, -0.15) is 4.31 Å². The van der Waals surface area contributed by atoms with Gasteiger partial charge >= 0.3 is 0 Å². The Balaban J connectivity index is 2.07. The standard InChI is InChI=1S/C22H29ClN2O4S/c1-4-7-8-17-9-11-18(12-10-17)24-22(26)16-25(5-2)30(27,28)19-13-14-21(29-6-3)20(23)15-19/h9-15H,4-8,16H2,1-3H3,(H,24,26). The molecular formula is C22H29ClN2O4S. The summed E-state index contributed by atoms with van der Waals surface area (Å²) in [5, 5.41) is 2.97. The number of aryl methyl sites for hydroxylation is 1. The number of carbonyl (C=O) groups excluding carboxylic acids is 1. The van der Waals surface area contributed by atoms with Crippen molar-refractivity contribution in [2.24, 2.45) is 0 Å². The fraction of sp³-hybridized carbons (Fsp3) is 0.409. The van der Waals surface area contributed by atoms with E-state index in [0.717, 1.165) is 23.6 Å². The lowest BCUT2D eigenvalue weighted by atomic mass is 10.1. The van der Waals surface area contributed by atoms with E-state index in [2.05, 4.69) is 12.2 Å². The highest BCUT2D eigenvalue weighted by molar-refractivity contribution is 7.89. The lowest BCUT2D eigenvalue weighted by molar-refractivity contribution is -0.116. The lowest BCUT2D eigenvalue weighted by Crippen LogP contribution is -2.37. The van der Waals surface area contributed by atoms with Gasteiger partial charge in [-0.05, 0) is 55.7 Å². The average molecular weight is 453 g/mol. The summed E-state index contributed by atoms with van der Waals surface area (Å²) in [7, 11) is -3.88. The molecule has 2 aromatic carbocycles. The van der Waals surface area contributed by atoms with Crippen LogP contribution in [0.15, 0.2) is 47.4 Å². The number of hydrogen-bond donors (Lipinski definition) is 1. The van der Waals surface area contributed by atoms with Crippen LogP contribution < -0.4 is 10.1 Å². The van der Waals surface area contributed by atoms with Crippen LogP contribution in [0.3, 0.4) is 0 Å². The number of nitrogens with one attached hydrogen (secondary N) is 1. The number of ether oxygens (including phenoxy) is 1. The zero-order chi connectivity index (χ0) is 22.1. The molecule has 0 aromatic heterocycles. The first-order chi connectivity index (χ1) is 14.3. The second-order valence-corrected chi connectivity index (χ2v) is 9.15. The molecule has 0 aliphatic rings. The third kappa shape index (κ3) is 6.45. The summed E-state index contributed by atoms with van der Waals surface area (Å²) in [4.78, 5) is 12.5. The first-order valence-corrected chi connectivity index (χ1v) is 11.9. The molecule has 0 aliphatic carbocycles. The van der Waals surface area contributed by atoms with Crippen LogP contribution in [0.4, 0.5) is 5.69 Å².